The van der Waals surface area contributed by atoms with Crippen molar-refractivity contribution in [2.75, 3.05) is 5.73 Å². The Hall–Kier alpha value is -1.31. The minimum Gasteiger partial charge on any atom is -0.398 e. The molecule has 0 atom stereocenters. The van der Waals surface area contributed by atoms with Gasteiger partial charge in [-0.05, 0) is 42.4 Å². The first-order chi connectivity index (χ1) is 6.58. The van der Waals surface area contributed by atoms with E-state index in [1.54, 1.807) is 0 Å². The number of anilines is 1. The summed E-state index contributed by atoms with van der Waals surface area (Å²) in [5, 5.41) is 7.34. The highest BCUT2D eigenvalue weighted by molar-refractivity contribution is 5.87. The maximum absolute atomic E-state index is 7.34. The fraction of sp³-hybridized carbons (Fsp3) is 0.417. The molecular weight excluding hydrogens is 172 g/mol. The van der Waals surface area contributed by atoms with Crippen LogP contribution in [0.1, 0.15) is 36.5 Å². The van der Waals surface area contributed by atoms with Crippen molar-refractivity contribution in [1.82, 2.24) is 0 Å². The molecule has 1 aromatic carbocycles. The van der Waals surface area contributed by atoms with Crippen molar-refractivity contribution in [2.45, 2.75) is 32.1 Å². The molecule has 74 valence electrons. The lowest BCUT2D eigenvalue weighted by atomic mass is 9.90. The first kappa shape index (κ1) is 9.25. The van der Waals surface area contributed by atoms with Gasteiger partial charge in [-0.1, -0.05) is 13.0 Å². The zero-order chi connectivity index (χ0) is 10.3. The number of nitrogen functional groups attached to an aromatic ring is 1. The van der Waals surface area contributed by atoms with E-state index in [2.05, 4.69) is 19.9 Å². The van der Waals surface area contributed by atoms with Gasteiger partial charge in [0.05, 0.1) is 0 Å². The highest BCUT2D eigenvalue weighted by atomic mass is 14.6. The van der Waals surface area contributed by atoms with Gasteiger partial charge in [0.2, 0.25) is 0 Å². The Balaban J connectivity index is 2.58. The van der Waals surface area contributed by atoms with Crippen molar-refractivity contribution < 1.29 is 0 Å². The Bertz CT molecular complexity index is 390. The van der Waals surface area contributed by atoms with Crippen LogP contribution >= 0.6 is 0 Å². The SMILES string of the molecule is Cc1c(C2(C)CC2)ccc(N)c1C=N. The molecule has 1 fully saturated rings. The minimum atomic E-state index is 0.357. The van der Waals surface area contributed by atoms with Gasteiger partial charge in [-0.2, -0.15) is 0 Å². The van der Waals surface area contributed by atoms with E-state index in [9.17, 15) is 0 Å². The van der Waals surface area contributed by atoms with Crippen LogP contribution in [-0.2, 0) is 5.41 Å². The minimum absolute atomic E-state index is 0.357. The highest BCUT2D eigenvalue weighted by Gasteiger charge is 2.40. The second-order valence-corrected chi connectivity index (χ2v) is 4.45. The van der Waals surface area contributed by atoms with Crippen LogP contribution < -0.4 is 5.73 Å². The van der Waals surface area contributed by atoms with Gasteiger partial charge in [0, 0.05) is 17.5 Å². The predicted octanol–water partition coefficient (Wildman–Crippen LogP) is 2.63. The molecule has 1 aromatic rings. The molecule has 0 bridgehead atoms. The third-order valence-electron chi connectivity index (χ3n) is 3.34. The van der Waals surface area contributed by atoms with Gasteiger partial charge in [0.15, 0.2) is 0 Å². The molecule has 1 aliphatic rings. The van der Waals surface area contributed by atoms with Gasteiger partial charge >= 0.3 is 0 Å². The molecule has 0 saturated heterocycles. The molecule has 0 aromatic heterocycles. The average molecular weight is 188 g/mol. The second-order valence-electron chi connectivity index (χ2n) is 4.45. The van der Waals surface area contributed by atoms with Crippen LogP contribution in [0.4, 0.5) is 5.69 Å². The van der Waals surface area contributed by atoms with Gasteiger partial charge in [0.1, 0.15) is 0 Å². The highest BCUT2D eigenvalue weighted by Crippen LogP contribution is 2.49. The summed E-state index contributed by atoms with van der Waals surface area (Å²) in [4.78, 5) is 0. The van der Waals surface area contributed by atoms with Gasteiger partial charge in [-0.25, -0.2) is 0 Å². The fourth-order valence-electron chi connectivity index (χ4n) is 2.05. The molecule has 0 unspecified atom stereocenters. The summed E-state index contributed by atoms with van der Waals surface area (Å²) in [6.45, 7) is 4.34. The van der Waals surface area contributed by atoms with Gasteiger partial charge in [0.25, 0.3) is 0 Å². The van der Waals surface area contributed by atoms with Gasteiger partial charge in [-0.3, -0.25) is 0 Å². The molecule has 2 heteroatoms. The molecule has 1 aliphatic carbocycles. The van der Waals surface area contributed by atoms with Crippen molar-refractivity contribution in [1.29, 1.82) is 5.41 Å². The van der Waals surface area contributed by atoms with Crippen LogP contribution in [0.2, 0.25) is 0 Å². The van der Waals surface area contributed by atoms with Crippen LogP contribution in [0.5, 0.6) is 0 Å². The van der Waals surface area contributed by atoms with Crippen LogP contribution in [0, 0.1) is 12.3 Å². The first-order valence-corrected chi connectivity index (χ1v) is 4.98. The Morgan fingerprint density at radius 3 is 2.57 bits per heavy atom. The van der Waals surface area contributed by atoms with E-state index in [0.717, 1.165) is 5.56 Å². The number of rotatable bonds is 2. The van der Waals surface area contributed by atoms with E-state index in [4.69, 9.17) is 11.1 Å². The molecule has 0 heterocycles. The van der Waals surface area contributed by atoms with Crippen molar-refractivity contribution in [3.8, 4) is 0 Å². The summed E-state index contributed by atoms with van der Waals surface area (Å²) in [6.07, 6.45) is 3.88. The third-order valence-corrected chi connectivity index (χ3v) is 3.34. The Kier molecular flexibility index (Phi) is 1.88. The fourth-order valence-corrected chi connectivity index (χ4v) is 2.05. The zero-order valence-corrected chi connectivity index (χ0v) is 8.72. The first-order valence-electron chi connectivity index (χ1n) is 4.98. The quantitative estimate of drug-likeness (QED) is 0.544. The lowest BCUT2D eigenvalue weighted by molar-refractivity contribution is 0.779. The van der Waals surface area contributed by atoms with Crippen molar-refractivity contribution >= 4 is 11.9 Å². The molecule has 0 radical (unpaired) electrons. The number of nitrogens with two attached hydrogens (primary N) is 1. The largest absolute Gasteiger partial charge is 0.398 e. The van der Waals surface area contributed by atoms with Crippen molar-refractivity contribution in [3.05, 3.63) is 28.8 Å². The molecule has 0 spiro atoms. The number of nitrogens with one attached hydrogen (secondary N) is 1. The number of hydrogen-bond acceptors (Lipinski definition) is 2. The normalized spacial score (nSPS) is 17.9. The smallest absolute Gasteiger partial charge is 0.0405 e. The van der Waals surface area contributed by atoms with Crippen LogP contribution in [0.25, 0.3) is 0 Å². The van der Waals surface area contributed by atoms with Crippen molar-refractivity contribution in [2.24, 2.45) is 0 Å². The lowest BCUT2D eigenvalue weighted by Gasteiger charge is -2.15. The van der Waals surface area contributed by atoms with E-state index < -0.39 is 0 Å². The van der Waals surface area contributed by atoms with E-state index in [1.807, 2.05) is 6.07 Å². The summed E-state index contributed by atoms with van der Waals surface area (Å²) in [5.74, 6) is 0. The molecule has 14 heavy (non-hydrogen) atoms. The predicted molar refractivity (Wildman–Crippen MR) is 60.1 cm³/mol. The summed E-state index contributed by atoms with van der Waals surface area (Å²) in [6, 6.07) is 4.04. The molecular formula is C12H16N2. The summed E-state index contributed by atoms with van der Waals surface area (Å²) < 4.78 is 0. The average Bonchev–Trinajstić information content (AvgIpc) is 2.85. The second kappa shape index (κ2) is 2.84. The number of hydrogen-bond donors (Lipinski definition) is 2. The van der Waals surface area contributed by atoms with E-state index in [1.165, 1.54) is 30.2 Å². The standard InChI is InChI=1S/C12H16N2/c1-8-9(7-13)11(14)4-3-10(8)12(2)5-6-12/h3-4,7,13H,5-6,14H2,1-2H3. The summed E-state index contributed by atoms with van der Waals surface area (Å²) in [7, 11) is 0. The summed E-state index contributed by atoms with van der Waals surface area (Å²) in [5.41, 5.74) is 10.3. The Morgan fingerprint density at radius 1 is 1.43 bits per heavy atom. The van der Waals surface area contributed by atoms with E-state index in [0.29, 0.717) is 11.1 Å². The maximum atomic E-state index is 7.34. The molecule has 2 rings (SSSR count). The molecule has 0 amide bonds. The van der Waals surface area contributed by atoms with Crippen LogP contribution in [0.3, 0.4) is 0 Å². The zero-order valence-electron chi connectivity index (χ0n) is 8.72. The Labute approximate surface area is 84.6 Å². The topological polar surface area (TPSA) is 49.9 Å². The van der Waals surface area contributed by atoms with Gasteiger partial charge < -0.3 is 11.1 Å². The maximum Gasteiger partial charge on any atom is 0.0405 e. The third kappa shape index (κ3) is 1.22. The van der Waals surface area contributed by atoms with E-state index in [-0.39, 0.29) is 0 Å². The number of benzene rings is 1. The van der Waals surface area contributed by atoms with Crippen LogP contribution in [-0.4, -0.2) is 6.21 Å². The van der Waals surface area contributed by atoms with Gasteiger partial charge in [-0.15, -0.1) is 0 Å². The van der Waals surface area contributed by atoms with Crippen LogP contribution in [0.15, 0.2) is 12.1 Å². The molecule has 0 aliphatic heterocycles. The monoisotopic (exact) mass is 188 g/mol. The summed E-state index contributed by atoms with van der Waals surface area (Å²) >= 11 is 0. The molecule has 2 nitrogen and oxygen atoms in total. The van der Waals surface area contributed by atoms with Crippen molar-refractivity contribution in [3.63, 3.8) is 0 Å². The lowest BCUT2D eigenvalue weighted by Crippen LogP contribution is -2.07. The Morgan fingerprint density at radius 2 is 2.07 bits per heavy atom. The molecule has 3 N–H and O–H groups in total. The van der Waals surface area contributed by atoms with E-state index >= 15 is 0 Å². The molecule has 1 saturated carbocycles.